The number of aromatic amines is 1. The van der Waals surface area contributed by atoms with Gasteiger partial charge in [0, 0.05) is 10.0 Å². The van der Waals surface area contributed by atoms with Gasteiger partial charge in [0.15, 0.2) is 5.82 Å². The molecule has 0 spiro atoms. The second kappa shape index (κ2) is 5.13. The van der Waals surface area contributed by atoms with Gasteiger partial charge in [-0.2, -0.15) is 4.98 Å². The van der Waals surface area contributed by atoms with E-state index in [-0.39, 0.29) is 5.95 Å². The third-order valence-corrected chi connectivity index (χ3v) is 4.11. The number of amides is 2. The van der Waals surface area contributed by atoms with E-state index in [1.54, 1.807) is 24.3 Å². The predicted octanol–water partition coefficient (Wildman–Crippen LogP) is 3.03. The molecule has 1 N–H and O–H groups in total. The normalized spacial score (nSPS) is 13.5. The molecule has 0 unspecified atom stereocenters. The first-order valence-corrected chi connectivity index (χ1v) is 7.60. The number of carbonyl (C=O) groups is 2. The number of fused-ring (bicyclic) bond motifs is 1. The molecular weight excluding hydrogens is 360 g/mol. The van der Waals surface area contributed by atoms with Crippen LogP contribution in [-0.4, -0.2) is 27.0 Å². The Kier molecular flexibility index (Phi) is 3.09. The van der Waals surface area contributed by atoms with Crippen LogP contribution in [0.15, 0.2) is 53.0 Å². The number of carbonyl (C=O) groups excluding carboxylic acids is 2. The minimum atomic E-state index is -0.410. The average Bonchev–Trinajstić information content (AvgIpc) is 3.13. The van der Waals surface area contributed by atoms with Crippen molar-refractivity contribution in [3.63, 3.8) is 0 Å². The van der Waals surface area contributed by atoms with Crippen LogP contribution in [-0.2, 0) is 0 Å². The lowest BCUT2D eigenvalue weighted by molar-refractivity contribution is 0.0924. The average molecular weight is 369 g/mol. The maximum absolute atomic E-state index is 12.4. The summed E-state index contributed by atoms with van der Waals surface area (Å²) < 4.78 is 0.946. The van der Waals surface area contributed by atoms with Gasteiger partial charge < -0.3 is 0 Å². The standard InChI is InChI=1S/C16H9BrN4O2/c17-10-7-5-9(6-8-10)13-18-16(20-19-13)21-14(22)11-3-1-2-4-12(11)15(21)23/h1-8H,(H,18,19,20). The minimum Gasteiger partial charge on any atom is -0.268 e. The van der Waals surface area contributed by atoms with Gasteiger partial charge in [-0.05, 0) is 24.3 Å². The van der Waals surface area contributed by atoms with Crippen molar-refractivity contribution in [3.8, 4) is 11.4 Å². The van der Waals surface area contributed by atoms with Crippen LogP contribution in [0.25, 0.3) is 11.4 Å². The number of nitrogens with one attached hydrogen (secondary N) is 1. The molecule has 0 saturated carbocycles. The molecule has 1 aromatic heterocycles. The Hall–Kier alpha value is -2.80. The summed E-state index contributed by atoms with van der Waals surface area (Å²) in [5, 5.41) is 6.78. The first kappa shape index (κ1) is 13.8. The number of imide groups is 1. The quantitative estimate of drug-likeness (QED) is 0.705. The van der Waals surface area contributed by atoms with Crippen molar-refractivity contribution in [1.29, 1.82) is 0 Å². The molecule has 6 nitrogen and oxygen atoms in total. The highest BCUT2D eigenvalue weighted by molar-refractivity contribution is 9.10. The molecule has 4 rings (SSSR count). The molecule has 7 heteroatoms. The van der Waals surface area contributed by atoms with E-state index in [4.69, 9.17) is 0 Å². The molecular formula is C16H9BrN4O2. The van der Waals surface area contributed by atoms with Crippen molar-refractivity contribution in [2.75, 3.05) is 4.90 Å². The van der Waals surface area contributed by atoms with Gasteiger partial charge in [0.05, 0.1) is 11.1 Å². The van der Waals surface area contributed by atoms with Gasteiger partial charge in [0.25, 0.3) is 17.8 Å². The molecule has 0 atom stereocenters. The molecule has 0 fully saturated rings. The summed E-state index contributed by atoms with van der Waals surface area (Å²) in [5.41, 5.74) is 1.54. The number of H-pyrrole nitrogens is 1. The Labute approximate surface area is 139 Å². The maximum atomic E-state index is 12.4. The molecule has 1 aliphatic heterocycles. The Balaban J connectivity index is 1.72. The van der Waals surface area contributed by atoms with E-state index >= 15 is 0 Å². The van der Waals surface area contributed by atoms with E-state index in [1.807, 2.05) is 24.3 Å². The monoisotopic (exact) mass is 368 g/mol. The molecule has 23 heavy (non-hydrogen) atoms. The van der Waals surface area contributed by atoms with E-state index in [1.165, 1.54) is 0 Å². The number of benzene rings is 2. The van der Waals surface area contributed by atoms with Crippen LogP contribution in [0.3, 0.4) is 0 Å². The summed E-state index contributed by atoms with van der Waals surface area (Å²) in [6, 6.07) is 14.2. The lowest BCUT2D eigenvalue weighted by Gasteiger charge is -2.07. The largest absolute Gasteiger partial charge is 0.268 e. The number of anilines is 1. The van der Waals surface area contributed by atoms with Crippen LogP contribution >= 0.6 is 15.9 Å². The second-order valence-electron chi connectivity index (χ2n) is 4.98. The first-order chi connectivity index (χ1) is 11.1. The summed E-state index contributed by atoms with van der Waals surface area (Å²) in [7, 11) is 0. The zero-order valence-electron chi connectivity index (χ0n) is 11.7. The van der Waals surface area contributed by atoms with E-state index < -0.39 is 11.8 Å². The van der Waals surface area contributed by atoms with Gasteiger partial charge in [-0.25, -0.2) is 4.90 Å². The molecule has 0 aliphatic carbocycles. The summed E-state index contributed by atoms with van der Waals surface area (Å²) >= 11 is 3.37. The smallest absolute Gasteiger partial charge is 0.268 e. The number of rotatable bonds is 2. The van der Waals surface area contributed by atoms with Crippen LogP contribution in [0.2, 0.25) is 0 Å². The third kappa shape index (κ3) is 2.17. The molecule has 112 valence electrons. The van der Waals surface area contributed by atoms with E-state index in [2.05, 4.69) is 31.1 Å². The fourth-order valence-electron chi connectivity index (χ4n) is 2.46. The highest BCUT2D eigenvalue weighted by Gasteiger charge is 2.38. The zero-order chi connectivity index (χ0) is 16.0. The lowest BCUT2D eigenvalue weighted by Crippen LogP contribution is -2.30. The van der Waals surface area contributed by atoms with Gasteiger partial charge in [-0.3, -0.25) is 14.7 Å². The lowest BCUT2D eigenvalue weighted by atomic mass is 10.1. The summed E-state index contributed by atoms with van der Waals surface area (Å²) in [4.78, 5) is 30.1. The maximum Gasteiger partial charge on any atom is 0.268 e. The molecule has 0 radical (unpaired) electrons. The van der Waals surface area contributed by atoms with Crippen molar-refractivity contribution in [3.05, 3.63) is 64.1 Å². The molecule has 1 aliphatic rings. The minimum absolute atomic E-state index is 0.0501. The van der Waals surface area contributed by atoms with E-state index in [0.717, 1.165) is 14.9 Å². The Morgan fingerprint density at radius 1 is 0.913 bits per heavy atom. The van der Waals surface area contributed by atoms with Crippen LogP contribution in [0.5, 0.6) is 0 Å². The zero-order valence-corrected chi connectivity index (χ0v) is 13.2. The van der Waals surface area contributed by atoms with Crippen molar-refractivity contribution in [2.24, 2.45) is 0 Å². The van der Waals surface area contributed by atoms with Gasteiger partial charge >= 0.3 is 0 Å². The van der Waals surface area contributed by atoms with Crippen molar-refractivity contribution in [1.82, 2.24) is 15.2 Å². The van der Waals surface area contributed by atoms with E-state index in [0.29, 0.717) is 17.0 Å². The van der Waals surface area contributed by atoms with Crippen LogP contribution in [0.1, 0.15) is 20.7 Å². The van der Waals surface area contributed by atoms with Gasteiger partial charge in [-0.15, -0.1) is 5.10 Å². The fourth-order valence-corrected chi connectivity index (χ4v) is 2.73. The number of hydrogen-bond donors (Lipinski definition) is 1. The van der Waals surface area contributed by atoms with Gasteiger partial charge in [0.2, 0.25) is 0 Å². The summed E-state index contributed by atoms with van der Waals surface area (Å²) in [5.74, 6) is -0.280. The van der Waals surface area contributed by atoms with Gasteiger partial charge in [0.1, 0.15) is 0 Å². The molecule has 0 saturated heterocycles. The number of halogens is 1. The Morgan fingerprint density at radius 3 is 2.13 bits per heavy atom. The van der Waals surface area contributed by atoms with Crippen LogP contribution in [0, 0.1) is 0 Å². The first-order valence-electron chi connectivity index (χ1n) is 6.81. The molecule has 0 bridgehead atoms. The summed E-state index contributed by atoms with van der Waals surface area (Å²) in [6.07, 6.45) is 0. The van der Waals surface area contributed by atoms with Crippen LogP contribution in [0.4, 0.5) is 5.95 Å². The number of aromatic nitrogens is 3. The number of nitrogens with zero attached hydrogens (tertiary/aromatic N) is 3. The SMILES string of the molecule is O=C1c2ccccc2C(=O)N1c1n[nH]c(-c2ccc(Br)cc2)n1. The highest BCUT2D eigenvalue weighted by atomic mass is 79.9. The fraction of sp³-hybridized carbons (Fsp3) is 0. The van der Waals surface area contributed by atoms with E-state index in [9.17, 15) is 9.59 Å². The third-order valence-electron chi connectivity index (χ3n) is 3.59. The molecule has 2 aromatic carbocycles. The van der Waals surface area contributed by atoms with Crippen molar-refractivity contribution in [2.45, 2.75) is 0 Å². The Bertz CT molecular complexity index is 898. The van der Waals surface area contributed by atoms with Crippen LogP contribution < -0.4 is 4.90 Å². The van der Waals surface area contributed by atoms with Crippen molar-refractivity contribution < 1.29 is 9.59 Å². The predicted molar refractivity (Wildman–Crippen MR) is 87.1 cm³/mol. The van der Waals surface area contributed by atoms with Crippen molar-refractivity contribution >= 4 is 33.7 Å². The number of hydrogen-bond acceptors (Lipinski definition) is 4. The van der Waals surface area contributed by atoms with Gasteiger partial charge in [-0.1, -0.05) is 40.2 Å². The topological polar surface area (TPSA) is 79.0 Å². The second-order valence-corrected chi connectivity index (χ2v) is 5.90. The molecule has 2 amide bonds. The summed E-state index contributed by atoms with van der Waals surface area (Å²) in [6.45, 7) is 0. The Morgan fingerprint density at radius 2 is 1.52 bits per heavy atom. The molecule has 2 heterocycles. The molecule has 3 aromatic rings. The highest BCUT2D eigenvalue weighted by Crippen LogP contribution is 2.27.